The van der Waals surface area contributed by atoms with E-state index in [1.165, 1.54) is 6.20 Å². The maximum Gasteiger partial charge on any atom is 0.326 e. The van der Waals surface area contributed by atoms with Crippen LogP contribution in [0.3, 0.4) is 0 Å². The van der Waals surface area contributed by atoms with E-state index < -0.39 is 17.9 Å². The number of nitrogens with zero attached hydrogens (tertiary/aromatic N) is 2. The lowest BCUT2D eigenvalue weighted by molar-refractivity contribution is -0.142. The zero-order valence-electron chi connectivity index (χ0n) is 12.6. The highest BCUT2D eigenvalue weighted by atomic mass is 16.4. The molecule has 7 nitrogen and oxygen atoms in total. The summed E-state index contributed by atoms with van der Waals surface area (Å²) in [6.45, 7) is 5.17. The molecule has 1 unspecified atom stereocenters. The average molecular weight is 302 g/mol. The van der Waals surface area contributed by atoms with E-state index in [0.29, 0.717) is 5.82 Å². The molecule has 0 spiro atoms. The van der Waals surface area contributed by atoms with Gasteiger partial charge in [0.1, 0.15) is 23.5 Å². The third-order valence-corrected chi connectivity index (χ3v) is 2.95. The van der Waals surface area contributed by atoms with Crippen LogP contribution in [0.4, 0.5) is 5.82 Å². The summed E-state index contributed by atoms with van der Waals surface area (Å²) in [6.07, 6.45) is 2.79. The average Bonchev–Trinajstić information content (AvgIpc) is 2.46. The summed E-state index contributed by atoms with van der Waals surface area (Å²) in [4.78, 5) is 27.1. The molecule has 0 saturated heterocycles. The molecule has 0 aromatic carbocycles. The van der Waals surface area contributed by atoms with Gasteiger partial charge in [0.2, 0.25) is 0 Å². The van der Waals surface area contributed by atoms with Crippen molar-refractivity contribution in [3.8, 4) is 6.07 Å². The number of rotatable bonds is 6. The van der Waals surface area contributed by atoms with Crippen molar-refractivity contribution in [1.29, 1.82) is 5.26 Å². The molecule has 0 fully saturated rings. The Balaban J connectivity index is 2.85. The highest BCUT2D eigenvalue weighted by Crippen LogP contribution is 2.10. The van der Waals surface area contributed by atoms with Crippen LogP contribution < -0.4 is 10.6 Å². The van der Waals surface area contributed by atoms with E-state index in [4.69, 9.17) is 10.4 Å². The third kappa shape index (κ3) is 4.59. The largest absolute Gasteiger partial charge is 0.480 e. The van der Waals surface area contributed by atoms with Crippen molar-refractivity contribution in [1.82, 2.24) is 10.3 Å². The van der Waals surface area contributed by atoms with Crippen LogP contribution in [0.5, 0.6) is 0 Å². The van der Waals surface area contributed by atoms with E-state index >= 15 is 0 Å². The van der Waals surface area contributed by atoms with Crippen LogP contribution in [0.25, 0.3) is 0 Å². The standard InChI is InChI=1S/C15H18N4O3/c1-9(2)12(15(21)22)19-14(20)11(7-16)8-18-13-10(3)5-4-6-17-13/h4-6,8-9,12H,1-3H3,(H,17,18)(H,19,20)(H,21,22)/b11-8-. The molecule has 7 heteroatoms. The van der Waals surface area contributed by atoms with Gasteiger partial charge in [-0.2, -0.15) is 5.26 Å². The van der Waals surface area contributed by atoms with Gasteiger partial charge in [0.15, 0.2) is 0 Å². The molecule has 22 heavy (non-hydrogen) atoms. The van der Waals surface area contributed by atoms with E-state index in [0.717, 1.165) is 5.56 Å². The number of nitrogens with one attached hydrogen (secondary N) is 2. The Labute approximate surface area is 128 Å². The number of carboxylic acids is 1. The van der Waals surface area contributed by atoms with Crippen LogP contribution in [0, 0.1) is 24.2 Å². The van der Waals surface area contributed by atoms with Crippen LogP contribution in [0.2, 0.25) is 0 Å². The third-order valence-electron chi connectivity index (χ3n) is 2.95. The van der Waals surface area contributed by atoms with Crippen molar-refractivity contribution >= 4 is 17.7 Å². The van der Waals surface area contributed by atoms with E-state index in [9.17, 15) is 9.59 Å². The molecule has 1 amide bonds. The maximum absolute atomic E-state index is 12.0. The van der Waals surface area contributed by atoms with Gasteiger partial charge in [0.05, 0.1) is 0 Å². The van der Waals surface area contributed by atoms with Gasteiger partial charge in [-0.1, -0.05) is 19.9 Å². The van der Waals surface area contributed by atoms with Crippen molar-refractivity contribution in [2.24, 2.45) is 5.92 Å². The topological polar surface area (TPSA) is 115 Å². The molecular weight excluding hydrogens is 284 g/mol. The van der Waals surface area contributed by atoms with Crippen molar-refractivity contribution in [2.45, 2.75) is 26.8 Å². The number of carboxylic acid groups (broad SMARTS) is 1. The molecule has 1 aromatic heterocycles. The summed E-state index contributed by atoms with van der Waals surface area (Å²) in [5.41, 5.74) is 0.624. The highest BCUT2D eigenvalue weighted by molar-refractivity contribution is 5.99. The first-order chi connectivity index (χ1) is 10.4. The maximum atomic E-state index is 12.0. The first-order valence-electron chi connectivity index (χ1n) is 6.69. The summed E-state index contributed by atoms with van der Waals surface area (Å²) in [5.74, 6) is -1.67. The number of aromatic nitrogens is 1. The molecule has 0 saturated carbocycles. The van der Waals surface area contributed by atoms with Crippen molar-refractivity contribution in [2.75, 3.05) is 5.32 Å². The number of pyridine rings is 1. The molecule has 1 aromatic rings. The molecule has 0 aliphatic heterocycles. The summed E-state index contributed by atoms with van der Waals surface area (Å²) in [6, 6.07) is 4.28. The van der Waals surface area contributed by atoms with Gasteiger partial charge in [-0.05, 0) is 24.5 Å². The zero-order valence-corrected chi connectivity index (χ0v) is 12.6. The molecule has 3 N–H and O–H groups in total. The van der Waals surface area contributed by atoms with Crippen LogP contribution in [0.1, 0.15) is 19.4 Å². The Bertz CT molecular complexity index is 632. The Morgan fingerprint density at radius 3 is 2.64 bits per heavy atom. The van der Waals surface area contributed by atoms with Crippen molar-refractivity contribution in [3.63, 3.8) is 0 Å². The van der Waals surface area contributed by atoms with Crippen LogP contribution >= 0.6 is 0 Å². The van der Waals surface area contributed by atoms with E-state index in [1.807, 2.05) is 13.0 Å². The molecule has 0 aliphatic rings. The first kappa shape index (κ1) is 17.2. The van der Waals surface area contributed by atoms with Gasteiger partial charge in [-0.15, -0.1) is 0 Å². The normalized spacial score (nSPS) is 12.4. The molecule has 0 aliphatic carbocycles. The second-order valence-corrected chi connectivity index (χ2v) is 5.02. The molecule has 1 heterocycles. The van der Waals surface area contributed by atoms with Crippen LogP contribution in [0.15, 0.2) is 30.1 Å². The number of aryl methyl sites for hydroxylation is 1. The minimum absolute atomic E-state index is 0.225. The number of carbonyl (C=O) groups is 2. The lowest BCUT2D eigenvalue weighted by Crippen LogP contribution is -2.44. The fraction of sp³-hybridized carbons (Fsp3) is 0.333. The van der Waals surface area contributed by atoms with Gasteiger partial charge in [0.25, 0.3) is 5.91 Å². The van der Waals surface area contributed by atoms with Gasteiger partial charge in [-0.3, -0.25) is 4.79 Å². The lowest BCUT2D eigenvalue weighted by atomic mass is 10.0. The predicted molar refractivity (Wildman–Crippen MR) is 80.7 cm³/mol. The number of amides is 1. The SMILES string of the molecule is Cc1cccnc1N/C=C(/C#N)C(=O)NC(C(=O)O)C(C)C. The van der Waals surface area contributed by atoms with E-state index in [1.54, 1.807) is 32.2 Å². The molecule has 116 valence electrons. The molecule has 0 radical (unpaired) electrons. The summed E-state index contributed by atoms with van der Waals surface area (Å²) in [5, 5.41) is 23.2. The smallest absolute Gasteiger partial charge is 0.326 e. The number of aliphatic carboxylic acids is 1. The summed E-state index contributed by atoms with van der Waals surface area (Å²) >= 11 is 0. The Morgan fingerprint density at radius 1 is 1.45 bits per heavy atom. The van der Waals surface area contributed by atoms with Crippen LogP contribution in [-0.2, 0) is 9.59 Å². The fourth-order valence-corrected chi connectivity index (χ4v) is 1.66. The number of anilines is 1. The van der Waals surface area contributed by atoms with Crippen LogP contribution in [-0.4, -0.2) is 28.0 Å². The zero-order chi connectivity index (χ0) is 16.7. The summed E-state index contributed by atoms with van der Waals surface area (Å²) < 4.78 is 0. The van der Waals surface area contributed by atoms with Gasteiger partial charge >= 0.3 is 5.97 Å². The van der Waals surface area contributed by atoms with Gasteiger partial charge in [-0.25, -0.2) is 9.78 Å². The van der Waals surface area contributed by atoms with Gasteiger partial charge < -0.3 is 15.7 Å². The highest BCUT2D eigenvalue weighted by Gasteiger charge is 2.24. The first-order valence-corrected chi connectivity index (χ1v) is 6.69. The van der Waals surface area contributed by atoms with Crippen molar-refractivity contribution in [3.05, 3.63) is 35.7 Å². The fourth-order valence-electron chi connectivity index (χ4n) is 1.66. The van der Waals surface area contributed by atoms with Gasteiger partial charge in [0, 0.05) is 12.4 Å². The predicted octanol–water partition coefficient (Wildman–Crippen LogP) is 1.43. The molecule has 1 rings (SSSR count). The lowest BCUT2D eigenvalue weighted by Gasteiger charge is -2.17. The molecular formula is C15H18N4O3. The van der Waals surface area contributed by atoms with E-state index in [-0.39, 0.29) is 11.5 Å². The number of hydrogen-bond donors (Lipinski definition) is 3. The Kier molecular flexibility index (Phi) is 6.08. The molecule has 1 atom stereocenters. The summed E-state index contributed by atoms with van der Waals surface area (Å²) in [7, 11) is 0. The second kappa shape index (κ2) is 7.78. The number of hydrogen-bond acceptors (Lipinski definition) is 5. The van der Waals surface area contributed by atoms with Crippen molar-refractivity contribution < 1.29 is 14.7 Å². The quantitative estimate of drug-likeness (QED) is 0.541. The minimum Gasteiger partial charge on any atom is -0.480 e. The Hall–Kier alpha value is -2.88. The van der Waals surface area contributed by atoms with E-state index in [2.05, 4.69) is 15.6 Å². The number of nitriles is 1. The monoisotopic (exact) mass is 302 g/mol. The molecule has 0 bridgehead atoms. The minimum atomic E-state index is -1.14. The Morgan fingerprint density at radius 2 is 2.14 bits per heavy atom. The number of carbonyl (C=O) groups excluding carboxylic acids is 1. The second-order valence-electron chi connectivity index (χ2n) is 5.02.